The normalized spacial score (nSPS) is 16.8. The number of carbonyl (C=O) groups excluding carboxylic acids is 1. The van der Waals surface area contributed by atoms with E-state index in [0.29, 0.717) is 22.3 Å². The van der Waals surface area contributed by atoms with E-state index in [1.807, 2.05) is 0 Å². The molecule has 23 heavy (non-hydrogen) atoms. The van der Waals surface area contributed by atoms with Crippen molar-refractivity contribution in [2.24, 2.45) is 0 Å². The Morgan fingerprint density at radius 3 is 2.83 bits per heavy atom. The zero-order valence-corrected chi connectivity index (χ0v) is 14.8. The quantitative estimate of drug-likeness (QED) is 0.732. The van der Waals surface area contributed by atoms with Gasteiger partial charge in [-0.15, -0.1) is 0 Å². The smallest absolute Gasteiger partial charge is 0.260 e. The van der Waals surface area contributed by atoms with Crippen molar-refractivity contribution in [2.75, 3.05) is 39.3 Å². The van der Waals surface area contributed by atoms with E-state index >= 15 is 0 Å². The second kappa shape index (κ2) is 9.33. The minimum Gasteiger partial charge on any atom is -0.479 e. The zero-order valence-electron chi connectivity index (χ0n) is 13.3. The van der Waals surface area contributed by atoms with Gasteiger partial charge in [0, 0.05) is 37.7 Å². The number of carbonyl (C=O) groups is 1. The molecule has 1 fully saturated rings. The summed E-state index contributed by atoms with van der Waals surface area (Å²) in [6, 6.07) is 4.94. The van der Waals surface area contributed by atoms with Gasteiger partial charge < -0.3 is 20.3 Å². The summed E-state index contributed by atoms with van der Waals surface area (Å²) >= 11 is 11.9. The van der Waals surface area contributed by atoms with Crippen LogP contribution in [0.3, 0.4) is 0 Å². The molecule has 1 unspecified atom stereocenters. The van der Waals surface area contributed by atoms with Gasteiger partial charge in [-0.2, -0.15) is 0 Å². The van der Waals surface area contributed by atoms with Gasteiger partial charge >= 0.3 is 0 Å². The van der Waals surface area contributed by atoms with Gasteiger partial charge in [0.1, 0.15) is 5.75 Å². The summed E-state index contributed by atoms with van der Waals surface area (Å²) in [5.41, 5.74) is 0. The average molecular weight is 360 g/mol. The van der Waals surface area contributed by atoms with E-state index < -0.39 is 6.10 Å². The van der Waals surface area contributed by atoms with Crippen LogP contribution < -0.4 is 15.4 Å². The lowest BCUT2D eigenvalue weighted by Gasteiger charge is -2.27. The topological polar surface area (TPSA) is 53.6 Å². The predicted octanol–water partition coefficient (Wildman–Crippen LogP) is 2.17. The monoisotopic (exact) mass is 359 g/mol. The number of nitrogens with one attached hydrogen (secondary N) is 2. The highest BCUT2D eigenvalue weighted by molar-refractivity contribution is 6.35. The molecule has 0 bridgehead atoms. The van der Waals surface area contributed by atoms with Gasteiger partial charge in [0.25, 0.3) is 5.91 Å². The van der Waals surface area contributed by atoms with Gasteiger partial charge in [0.05, 0.1) is 5.02 Å². The Morgan fingerprint density at radius 2 is 2.13 bits per heavy atom. The Hall–Kier alpha value is -1.01. The van der Waals surface area contributed by atoms with Crippen LogP contribution in [0.4, 0.5) is 0 Å². The molecule has 1 heterocycles. The molecular weight excluding hydrogens is 337 g/mol. The summed E-state index contributed by atoms with van der Waals surface area (Å²) in [6.07, 6.45) is 0.327. The van der Waals surface area contributed by atoms with Gasteiger partial charge in [0.15, 0.2) is 6.10 Å². The van der Waals surface area contributed by atoms with E-state index in [1.54, 1.807) is 25.1 Å². The van der Waals surface area contributed by atoms with E-state index in [4.69, 9.17) is 27.9 Å². The molecule has 2 N–H and O–H groups in total. The van der Waals surface area contributed by atoms with Crippen molar-refractivity contribution in [1.82, 2.24) is 15.5 Å². The average Bonchev–Trinajstić information content (AvgIpc) is 2.55. The summed E-state index contributed by atoms with van der Waals surface area (Å²) in [7, 11) is 0. The molecule has 0 radical (unpaired) electrons. The highest BCUT2D eigenvalue weighted by Gasteiger charge is 2.16. The lowest BCUT2D eigenvalue weighted by atomic mass is 10.3. The van der Waals surface area contributed by atoms with Crippen molar-refractivity contribution in [3.8, 4) is 5.75 Å². The third-order valence-electron chi connectivity index (χ3n) is 3.73. The van der Waals surface area contributed by atoms with E-state index in [1.165, 1.54) is 0 Å². The lowest BCUT2D eigenvalue weighted by Crippen LogP contribution is -2.44. The summed E-state index contributed by atoms with van der Waals surface area (Å²) < 4.78 is 5.59. The number of hydrogen-bond donors (Lipinski definition) is 2. The maximum absolute atomic E-state index is 12.0. The number of piperazine rings is 1. The minimum atomic E-state index is -0.604. The first-order valence-electron chi connectivity index (χ1n) is 7.89. The van der Waals surface area contributed by atoms with Crippen LogP contribution in [-0.4, -0.2) is 56.2 Å². The maximum Gasteiger partial charge on any atom is 0.260 e. The number of benzene rings is 1. The van der Waals surface area contributed by atoms with Gasteiger partial charge in [0.2, 0.25) is 0 Å². The summed E-state index contributed by atoms with van der Waals surface area (Å²) in [5, 5.41) is 7.15. The Bertz CT molecular complexity index is 522. The lowest BCUT2D eigenvalue weighted by molar-refractivity contribution is -0.127. The third kappa shape index (κ3) is 6.18. The molecule has 2 rings (SSSR count). The Labute approximate surface area is 147 Å². The molecule has 0 aliphatic carbocycles. The summed E-state index contributed by atoms with van der Waals surface area (Å²) in [6.45, 7) is 7.57. The van der Waals surface area contributed by atoms with E-state index in [0.717, 1.165) is 39.1 Å². The third-order valence-corrected chi connectivity index (χ3v) is 4.26. The van der Waals surface area contributed by atoms with Gasteiger partial charge in [-0.3, -0.25) is 4.79 Å². The van der Waals surface area contributed by atoms with Crippen LogP contribution in [0, 0.1) is 0 Å². The minimum absolute atomic E-state index is 0.142. The molecule has 1 aromatic rings. The second-order valence-corrected chi connectivity index (χ2v) is 6.41. The molecule has 0 spiro atoms. The number of hydrogen-bond acceptors (Lipinski definition) is 4. The molecule has 1 atom stereocenters. The molecule has 128 valence electrons. The number of ether oxygens (including phenoxy) is 1. The van der Waals surface area contributed by atoms with Crippen molar-refractivity contribution < 1.29 is 9.53 Å². The highest BCUT2D eigenvalue weighted by Crippen LogP contribution is 2.28. The fourth-order valence-electron chi connectivity index (χ4n) is 2.41. The predicted molar refractivity (Wildman–Crippen MR) is 93.5 cm³/mol. The van der Waals surface area contributed by atoms with Crippen molar-refractivity contribution in [3.05, 3.63) is 28.2 Å². The highest BCUT2D eigenvalue weighted by atomic mass is 35.5. The van der Waals surface area contributed by atoms with Crippen molar-refractivity contribution >= 4 is 29.1 Å². The number of halogens is 2. The standard InChI is InChI=1S/C16H23Cl2N3O2/c1-12(23-15-4-3-13(17)11-14(15)18)16(22)20-5-2-8-21-9-6-19-7-10-21/h3-4,11-12,19H,2,5-10H2,1H3,(H,20,22). The molecule has 1 aliphatic heterocycles. The Balaban J connectivity index is 1.68. The molecular formula is C16H23Cl2N3O2. The number of rotatable bonds is 7. The van der Waals surface area contributed by atoms with Crippen LogP contribution >= 0.6 is 23.2 Å². The van der Waals surface area contributed by atoms with Gasteiger partial charge in [-0.1, -0.05) is 23.2 Å². The molecule has 0 saturated carbocycles. The Kier molecular flexibility index (Phi) is 7.43. The van der Waals surface area contributed by atoms with Crippen molar-refractivity contribution in [3.63, 3.8) is 0 Å². The van der Waals surface area contributed by atoms with Gasteiger partial charge in [-0.25, -0.2) is 0 Å². The van der Waals surface area contributed by atoms with Crippen LogP contribution in [0.2, 0.25) is 10.0 Å². The van der Waals surface area contributed by atoms with E-state index in [2.05, 4.69) is 15.5 Å². The van der Waals surface area contributed by atoms with Crippen LogP contribution in [-0.2, 0) is 4.79 Å². The number of nitrogens with zero attached hydrogens (tertiary/aromatic N) is 1. The molecule has 1 saturated heterocycles. The maximum atomic E-state index is 12.0. The van der Waals surface area contributed by atoms with Crippen LogP contribution in [0.15, 0.2) is 18.2 Å². The summed E-state index contributed by atoms with van der Waals surface area (Å²) in [5.74, 6) is 0.316. The number of amides is 1. The summed E-state index contributed by atoms with van der Waals surface area (Å²) in [4.78, 5) is 14.4. The van der Waals surface area contributed by atoms with Crippen LogP contribution in [0.25, 0.3) is 0 Å². The first kappa shape index (κ1) is 18.3. The molecule has 5 nitrogen and oxygen atoms in total. The first-order chi connectivity index (χ1) is 11.1. The molecule has 1 amide bonds. The molecule has 7 heteroatoms. The fraction of sp³-hybridized carbons (Fsp3) is 0.562. The second-order valence-electron chi connectivity index (χ2n) is 5.57. The molecule has 0 aromatic heterocycles. The van der Waals surface area contributed by atoms with Crippen LogP contribution in [0.5, 0.6) is 5.75 Å². The van der Waals surface area contributed by atoms with E-state index in [-0.39, 0.29) is 5.91 Å². The van der Waals surface area contributed by atoms with Crippen molar-refractivity contribution in [1.29, 1.82) is 0 Å². The fourth-order valence-corrected chi connectivity index (χ4v) is 2.86. The van der Waals surface area contributed by atoms with Crippen molar-refractivity contribution in [2.45, 2.75) is 19.4 Å². The van der Waals surface area contributed by atoms with Crippen LogP contribution in [0.1, 0.15) is 13.3 Å². The Morgan fingerprint density at radius 1 is 1.39 bits per heavy atom. The van der Waals surface area contributed by atoms with E-state index in [9.17, 15) is 4.79 Å². The zero-order chi connectivity index (χ0) is 16.7. The first-order valence-corrected chi connectivity index (χ1v) is 8.64. The molecule has 1 aromatic carbocycles. The molecule has 1 aliphatic rings. The largest absolute Gasteiger partial charge is 0.479 e. The SMILES string of the molecule is CC(Oc1ccc(Cl)cc1Cl)C(=O)NCCCN1CCNCC1. The van der Waals surface area contributed by atoms with Gasteiger partial charge in [-0.05, 0) is 38.1 Å².